The Morgan fingerprint density at radius 1 is 1.11 bits per heavy atom. The van der Waals surface area contributed by atoms with Gasteiger partial charge in [-0.15, -0.1) is 0 Å². The van der Waals surface area contributed by atoms with Crippen molar-refractivity contribution in [2.45, 2.75) is 33.0 Å². The molecule has 148 valence electrons. The summed E-state index contributed by atoms with van der Waals surface area (Å²) in [5.41, 5.74) is 1.07. The highest BCUT2D eigenvalue weighted by Gasteiger charge is 2.20. The van der Waals surface area contributed by atoms with E-state index in [4.69, 9.17) is 14.2 Å². The number of esters is 1. The molecular weight excluding hydrogens is 360 g/mol. The number of ether oxygens (including phenoxy) is 3. The van der Waals surface area contributed by atoms with Gasteiger partial charge in [0.15, 0.2) is 0 Å². The molecule has 0 fully saturated rings. The number of rotatable bonds is 9. The molecule has 1 unspecified atom stereocenters. The molecule has 0 radical (unpaired) electrons. The maximum absolute atomic E-state index is 12.1. The molecule has 0 saturated heterocycles. The molecule has 1 N–H and O–H groups in total. The van der Waals surface area contributed by atoms with Gasteiger partial charge in [0.25, 0.3) is 0 Å². The minimum atomic E-state index is -1.34. The van der Waals surface area contributed by atoms with Gasteiger partial charge in [-0.25, -0.2) is 9.59 Å². The molecular formula is C22H24O6. The van der Waals surface area contributed by atoms with Gasteiger partial charge >= 0.3 is 11.9 Å². The van der Waals surface area contributed by atoms with Crippen molar-refractivity contribution in [2.24, 2.45) is 0 Å². The van der Waals surface area contributed by atoms with Crippen LogP contribution in [0.4, 0.5) is 0 Å². The molecule has 1 atom stereocenters. The predicted octanol–water partition coefficient (Wildman–Crippen LogP) is 4.08. The molecule has 0 heterocycles. The van der Waals surface area contributed by atoms with Crippen molar-refractivity contribution in [1.82, 2.24) is 0 Å². The standard InChI is InChI=1S/C22H24O6/c1-4-15(2)28-22(25)20(21(23)24)13-17-6-5-7-19(12-17)27-14-16-8-10-18(26-3)11-9-16/h5-13,15H,4,14H2,1-3H3,(H,23,24). The van der Waals surface area contributed by atoms with Gasteiger partial charge in [0.05, 0.1) is 13.2 Å². The van der Waals surface area contributed by atoms with Crippen molar-refractivity contribution >= 4 is 18.0 Å². The van der Waals surface area contributed by atoms with Crippen LogP contribution in [0.25, 0.3) is 6.08 Å². The zero-order valence-corrected chi connectivity index (χ0v) is 16.2. The summed E-state index contributed by atoms with van der Waals surface area (Å²) in [5, 5.41) is 9.34. The van der Waals surface area contributed by atoms with E-state index in [-0.39, 0.29) is 6.10 Å². The van der Waals surface area contributed by atoms with Crippen molar-refractivity contribution in [1.29, 1.82) is 0 Å². The van der Waals surface area contributed by atoms with E-state index < -0.39 is 17.5 Å². The van der Waals surface area contributed by atoms with Crippen LogP contribution >= 0.6 is 0 Å². The average molecular weight is 384 g/mol. The van der Waals surface area contributed by atoms with Crippen molar-refractivity contribution < 1.29 is 28.9 Å². The smallest absolute Gasteiger partial charge is 0.345 e. The van der Waals surface area contributed by atoms with Crippen molar-refractivity contribution in [2.75, 3.05) is 7.11 Å². The van der Waals surface area contributed by atoms with E-state index in [2.05, 4.69) is 0 Å². The largest absolute Gasteiger partial charge is 0.497 e. The number of hydrogen-bond acceptors (Lipinski definition) is 5. The van der Waals surface area contributed by atoms with Gasteiger partial charge in [0.2, 0.25) is 0 Å². The lowest BCUT2D eigenvalue weighted by Gasteiger charge is -2.11. The quantitative estimate of drug-likeness (QED) is 0.304. The van der Waals surface area contributed by atoms with Gasteiger partial charge in [-0.1, -0.05) is 31.2 Å². The normalized spacial score (nSPS) is 12.2. The van der Waals surface area contributed by atoms with Crippen molar-refractivity contribution in [3.05, 3.63) is 65.2 Å². The average Bonchev–Trinajstić information content (AvgIpc) is 2.70. The monoisotopic (exact) mass is 384 g/mol. The number of carboxylic acids is 1. The molecule has 6 heteroatoms. The highest BCUT2D eigenvalue weighted by Crippen LogP contribution is 2.19. The van der Waals surface area contributed by atoms with Crippen LogP contribution in [0.15, 0.2) is 54.1 Å². The predicted molar refractivity (Wildman–Crippen MR) is 105 cm³/mol. The lowest BCUT2D eigenvalue weighted by molar-refractivity contribution is -0.147. The molecule has 0 bridgehead atoms. The van der Waals surface area contributed by atoms with Crippen molar-refractivity contribution in [3.8, 4) is 11.5 Å². The molecule has 2 rings (SSSR count). The van der Waals surface area contributed by atoms with Gasteiger partial charge in [-0.05, 0) is 54.8 Å². The fourth-order valence-electron chi connectivity index (χ4n) is 2.29. The molecule has 0 amide bonds. The van der Waals surface area contributed by atoms with Crippen LogP contribution in [0.2, 0.25) is 0 Å². The summed E-state index contributed by atoms with van der Waals surface area (Å²) < 4.78 is 16.0. The summed E-state index contributed by atoms with van der Waals surface area (Å²) in [6.45, 7) is 3.91. The van der Waals surface area contributed by atoms with Gasteiger partial charge in [-0.2, -0.15) is 0 Å². The summed E-state index contributed by atoms with van der Waals surface area (Å²) in [6, 6.07) is 14.3. The van der Waals surface area contributed by atoms with E-state index in [9.17, 15) is 14.7 Å². The molecule has 0 aliphatic heterocycles. The SMILES string of the molecule is CCC(C)OC(=O)C(=Cc1cccc(OCc2ccc(OC)cc2)c1)C(=O)O. The zero-order chi connectivity index (χ0) is 20.5. The third-order valence-corrected chi connectivity index (χ3v) is 4.07. The first kappa shape index (κ1) is 21.0. The van der Waals surface area contributed by atoms with Gasteiger partial charge in [-0.3, -0.25) is 0 Å². The molecule has 0 saturated carbocycles. The fraction of sp³-hybridized carbons (Fsp3) is 0.273. The third-order valence-electron chi connectivity index (χ3n) is 4.07. The van der Waals surface area contributed by atoms with Crippen LogP contribution in [-0.4, -0.2) is 30.3 Å². The summed E-state index contributed by atoms with van der Waals surface area (Å²) >= 11 is 0. The topological polar surface area (TPSA) is 82.1 Å². The molecule has 0 aromatic heterocycles. The minimum Gasteiger partial charge on any atom is -0.497 e. The van der Waals surface area contributed by atoms with Gasteiger partial charge in [0.1, 0.15) is 23.7 Å². The van der Waals surface area contributed by atoms with Gasteiger partial charge < -0.3 is 19.3 Å². The van der Waals surface area contributed by atoms with E-state index in [1.807, 2.05) is 31.2 Å². The van der Waals surface area contributed by atoms with E-state index in [0.717, 1.165) is 11.3 Å². The summed E-state index contributed by atoms with van der Waals surface area (Å²) in [4.78, 5) is 23.5. The van der Waals surface area contributed by atoms with Crippen molar-refractivity contribution in [3.63, 3.8) is 0 Å². The fourth-order valence-corrected chi connectivity index (χ4v) is 2.29. The second-order valence-corrected chi connectivity index (χ2v) is 6.20. The third kappa shape index (κ3) is 6.16. The van der Waals surface area contributed by atoms with Crippen LogP contribution in [0.3, 0.4) is 0 Å². The Morgan fingerprint density at radius 2 is 1.82 bits per heavy atom. The Bertz CT molecular complexity index is 838. The number of methoxy groups -OCH3 is 1. The second-order valence-electron chi connectivity index (χ2n) is 6.20. The molecule has 0 spiro atoms. The second kappa shape index (κ2) is 10.2. The Kier molecular flexibility index (Phi) is 7.63. The summed E-state index contributed by atoms with van der Waals surface area (Å²) in [5.74, 6) is -0.866. The number of carboxylic acid groups (broad SMARTS) is 1. The van der Waals surface area contributed by atoms with Crippen LogP contribution in [0, 0.1) is 0 Å². The number of aliphatic carboxylic acids is 1. The lowest BCUT2D eigenvalue weighted by atomic mass is 10.1. The van der Waals surface area contributed by atoms with Crippen LogP contribution in [-0.2, 0) is 20.9 Å². The number of benzene rings is 2. The van der Waals surface area contributed by atoms with E-state index in [1.54, 1.807) is 38.3 Å². The molecule has 0 aliphatic carbocycles. The number of carbonyl (C=O) groups is 2. The first-order chi connectivity index (χ1) is 13.4. The lowest BCUT2D eigenvalue weighted by Crippen LogP contribution is -2.20. The highest BCUT2D eigenvalue weighted by atomic mass is 16.5. The van der Waals surface area contributed by atoms with Crippen LogP contribution < -0.4 is 9.47 Å². The zero-order valence-electron chi connectivity index (χ0n) is 16.2. The Hall–Kier alpha value is -3.28. The first-order valence-corrected chi connectivity index (χ1v) is 8.94. The number of carbonyl (C=O) groups excluding carboxylic acids is 1. The molecule has 0 aliphatic rings. The first-order valence-electron chi connectivity index (χ1n) is 8.94. The number of hydrogen-bond donors (Lipinski definition) is 1. The molecule has 6 nitrogen and oxygen atoms in total. The molecule has 2 aromatic rings. The van der Waals surface area contributed by atoms with Gasteiger partial charge in [0, 0.05) is 0 Å². The molecule has 2 aromatic carbocycles. The van der Waals surface area contributed by atoms with E-state index in [0.29, 0.717) is 24.3 Å². The van der Waals surface area contributed by atoms with E-state index in [1.165, 1.54) is 6.08 Å². The minimum absolute atomic E-state index is 0.346. The maximum Gasteiger partial charge on any atom is 0.345 e. The summed E-state index contributed by atoms with van der Waals surface area (Å²) in [6.07, 6.45) is 1.54. The summed E-state index contributed by atoms with van der Waals surface area (Å²) in [7, 11) is 1.61. The Balaban J connectivity index is 2.11. The van der Waals surface area contributed by atoms with E-state index >= 15 is 0 Å². The molecule has 28 heavy (non-hydrogen) atoms. The van der Waals surface area contributed by atoms with Crippen LogP contribution in [0.5, 0.6) is 11.5 Å². The Morgan fingerprint density at radius 3 is 2.43 bits per heavy atom. The Labute approximate surface area is 164 Å². The highest BCUT2D eigenvalue weighted by molar-refractivity contribution is 6.17. The van der Waals surface area contributed by atoms with Crippen LogP contribution in [0.1, 0.15) is 31.4 Å². The maximum atomic E-state index is 12.1.